The number of likely N-dealkylation sites (tertiary alicyclic amines) is 1. The van der Waals surface area contributed by atoms with Crippen molar-refractivity contribution in [3.8, 4) is 6.07 Å². The van der Waals surface area contributed by atoms with Crippen LogP contribution in [0.2, 0.25) is 0 Å². The molecule has 10 heteroatoms. The SMILES string of the molecule is CC(C)(C)OC(=O)N1CC2(CC(=O)OC2CS(=O)(=O)N2CC(C#N)C2)C1. The number of cyclic esters (lactones) is 1. The van der Waals surface area contributed by atoms with Crippen molar-refractivity contribution in [1.82, 2.24) is 9.21 Å². The van der Waals surface area contributed by atoms with Gasteiger partial charge in [-0.1, -0.05) is 0 Å². The second-order valence-electron chi connectivity index (χ2n) is 8.28. The van der Waals surface area contributed by atoms with Crippen LogP contribution < -0.4 is 0 Å². The van der Waals surface area contributed by atoms with Crippen LogP contribution in [0, 0.1) is 22.7 Å². The molecule has 3 aliphatic heterocycles. The van der Waals surface area contributed by atoms with Crippen molar-refractivity contribution in [3.63, 3.8) is 0 Å². The Morgan fingerprint density at radius 1 is 1.38 bits per heavy atom. The van der Waals surface area contributed by atoms with Gasteiger partial charge in [0.2, 0.25) is 10.0 Å². The van der Waals surface area contributed by atoms with Crippen molar-refractivity contribution in [2.45, 2.75) is 38.9 Å². The standard InChI is InChI=1S/C16H23N3O6S/c1-15(2,3)25-14(21)18-9-16(10-18)4-13(20)24-12(16)8-26(22,23)19-6-11(5-17)7-19/h11-12H,4,6-10H2,1-3H3. The van der Waals surface area contributed by atoms with Gasteiger partial charge in [-0.15, -0.1) is 0 Å². The van der Waals surface area contributed by atoms with E-state index in [2.05, 4.69) is 0 Å². The number of hydrogen-bond donors (Lipinski definition) is 0. The molecule has 0 N–H and O–H groups in total. The zero-order chi connectivity index (χ0) is 19.3. The van der Waals surface area contributed by atoms with Gasteiger partial charge >= 0.3 is 12.1 Å². The lowest BCUT2D eigenvalue weighted by Crippen LogP contribution is -2.64. The quantitative estimate of drug-likeness (QED) is 0.642. The fourth-order valence-corrected chi connectivity index (χ4v) is 5.30. The van der Waals surface area contributed by atoms with Crippen molar-refractivity contribution >= 4 is 22.1 Å². The van der Waals surface area contributed by atoms with Crippen molar-refractivity contribution in [1.29, 1.82) is 5.26 Å². The van der Waals surface area contributed by atoms with Crippen molar-refractivity contribution < 1.29 is 27.5 Å². The molecular formula is C16H23N3O6S. The van der Waals surface area contributed by atoms with Gasteiger partial charge in [0.25, 0.3) is 0 Å². The lowest BCUT2D eigenvalue weighted by Gasteiger charge is -2.49. The first-order valence-corrected chi connectivity index (χ1v) is 10.1. The molecule has 26 heavy (non-hydrogen) atoms. The van der Waals surface area contributed by atoms with Crippen LogP contribution in [0.3, 0.4) is 0 Å². The van der Waals surface area contributed by atoms with Gasteiger partial charge < -0.3 is 14.4 Å². The zero-order valence-corrected chi connectivity index (χ0v) is 15.9. The Morgan fingerprint density at radius 2 is 2.00 bits per heavy atom. The van der Waals surface area contributed by atoms with E-state index >= 15 is 0 Å². The number of sulfonamides is 1. The van der Waals surface area contributed by atoms with Gasteiger partial charge in [-0.25, -0.2) is 13.2 Å². The van der Waals surface area contributed by atoms with Gasteiger partial charge in [-0.2, -0.15) is 9.57 Å². The number of amides is 1. The summed E-state index contributed by atoms with van der Waals surface area (Å²) in [5.74, 6) is -1.05. The number of hydrogen-bond acceptors (Lipinski definition) is 7. The van der Waals surface area contributed by atoms with Gasteiger partial charge in [0.15, 0.2) is 0 Å². The van der Waals surface area contributed by atoms with Crippen LogP contribution >= 0.6 is 0 Å². The summed E-state index contributed by atoms with van der Waals surface area (Å²) >= 11 is 0. The second kappa shape index (κ2) is 6.09. The van der Waals surface area contributed by atoms with Gasteiger partial charge in [0, 0.05) is 26.2 Å². The monoisotopic (exact) mass is 385 g/mol. The minimum absolute atomic E-state index is 0.0906. The Hall–Kier alpha value is -1.86. The molecular weight excluding hydrogens is 362 g/mol. The van der Waals surface area contributed by atoms with E-state index in [4.69, 9.17) is 14.7 Å². The zero-order valence-electron chi connectivity index (χ0n) is 15.1. The largest absolute Gasteiger partial charge is 0.460 e. The summed E-state index contributed by atoms with van der Waals surface area (Å²) in [6.07, 6.45) is -1.18. The number of nitriles is 1. The predicted octanol–water partition coefficient (Wildman–Crippen LogP) is 0.324. The highest BCUT2D eigenvalue weighted by Gasteiger charge is 2.59. The fourth-order valence-electron chi connectivity index (χ4n) is 3.47. The molecule has 0 saturated carbocycles. The van der Waals surface area contributed by atoms with Crippen LogP contribution in [0.4, 0.5) is 4.79 Å². The van der Waals surface area contributed by atoms with Crippen molar-refractivity contribution in [3.05, 3.63) is 0 Å². The normalized spacial score (nSPS) is 26.0. The Morgan fingerprint density at radius 3 is 2.54 bits per heavy atom. The third kappa shape index (κ3) is 3.50. The average Bonchev–Trinajstić information content (AvgIpc) is 2.69. The van der Waals surface area contributed by atoms with Crippen molar-refractivity contribution in [2.24, 2.45) is 11.3 Å². The van der Waals surface area contributed by atoms with E-state index in [1.807, 2.05) is 6.07 Å². The molecule has 0 aromatic heterocycles. The maximum atomic E-state index is 12.5. The molecule has 3 heterocycles. The molecule has 1 spiro atoms. The average molecular weight is 385 g/mol. The molecule has 0 aromatic rings. The Bertz CT molecular complexity index is 754. The van der Waals surface area contributed by atoms with Gasteiger partial charge in [0.1, 0.15) is 17.5 Å². The molecule has 1 atom stereocenters. The lowest BCUT2D eigenvalue weighted by molar-refractivity contribution is -0.141. The predicted molar refractivity (Wildman–Crippen MR) is 89.2 cm³/mol. The minimum Gasteiger partial charge on any atom is -0.460 e. The summed E-state index contributed by atoms with van der Waals surface area (Å²) in [5.41, 5.74) is -1.31. The number of rotatable bonds is 3. The van der Waals surface area contributed by atoms with Crippen LogP contribution in [0.1, 0.15) is 27.2 Å². The second-order valence-corrected chi connectivity index (χ2v) is 10.3. The molecule has 0 bridgehead atoms. The summed E-state index contributed by atoms with van der Waals surface area (Å²) in [6, 6.07) is 2.03. The van der Waals surface area contributed by atoms with E-state index in [1.165, 1.54) is 9.21 Å². The van der Waals surface area contributed by atoms with E-state index < -0.39 is 39.2 Å². The van der Waals surface area contributed by atoms with Crippen molar-refractivity contribution in [2.75, 3.05) is 31.9 Å². The number of esters is 1. The number of nitrogens with zero attached hydrogens (tertiary/aromatic N) is 3. The molecule has 0 radical (unpaired) electrons. The highest BCUT2D eigenvalue weighted by molar-refractivity contribution is 7.89. The van der Waals surface area contributed by atoms with Crippen LogP contribution in [-0.4, -0.2) is 73.3 Å². The number of carbonyl (C=O) groups excluding carboxylic acids is 2. The summed E-state index contributed by atoms with van der Waals surface area (Å²) in [6.45, 7) is 6.11. The fraction of sp³-hybridized carbons (Fsp3) is 0.812. The lowest BCUT2D eigenvalue weighted by atomic mass is 9.74. The summed E-state index contributed by atoms with van der Waals surface area (Å²) in [7, 11) is -3.62. The van der Waals surface area contributed by atoms with Crippen LogP contribution in [0.5, 0.6) is 0 Å². The Balaban J connectivity index is 1.63. The molecule has 1 unspecified atom stereocenters. The number of carbonyl (C=O) groups is 2. The Kier molecular flexibility index (Phi) is 4.43. The van der Waals surface area contributed by atoms with E-state index in [-0.39, 0.29) is 44.3 Å². The first-order valence-electron chi connectivity index (χ1n) is 8.49. The van der Waals surface area contributed by atoms with Gasteiger partial charge in [-0.3, -0.25) is 4.79 Å². The van der Waals surface area contributed by atoms with Gasteiger partial charge in [0.05, 0.1) is 23.8 Å². The van der Waals surface area contributed by atoms with Crippen LogP contribution in [0.15, 0.2) is 0 Å². The summed E-state index contributed by atoms with van der Waals surface area (Å²) in [5, 5.41) is 8.79. The summed E-state index contributed by atoms with van der Waals surface area (Å²) in [4.78, 5) is 25.4. The minimum atomic E-state index is -3.62. The van der Waals surface area contributed by atoms with Gasteiger partial charge in [-0.05, 0) is 20.8 Å². The first-order chi connectivity index (χ1) is 11.9. The highest BCUT2D eigenvalue weighted by Crippen LogP contribution is 2.45. The smallest absolute Gasteiger partial charge is 0.410 e. The molecule has 0 aliphatic carbocycles. The molecule has 144 valence electrons. The maximum Gasteiger partial charge on any atom is 0.410 e. The first kappa shape index (κ1) is 18.9. The maximum absolute atomic E-state index is 12.5. The molecule has 3 aliphatic rings. The van der Waals surface area contributed by atoms with E-state index in [9.17, 15) is 18.0 Å². The van der Waals surface area contributed by atoms with E-state index in [1.54, 1.807) is 20.8 Å². The Labute approximate surface area is 152 Å². The topological polar surface area (TPSA) is 117 Å². The molecule has 1 amide bonds. The number of ether oxygens (including phenoxy) is 2. The third-order valence-electron chi connectivity index (χ3n) is 4.90. The molecule has 3 saturated heterocycles. The van der Waals surface area contributed by atoms with Crippen LogP contribution in [0.25, 0.3) is 0 Å². The third-order valence-corrected chi connectivity index (χ3v) is 6.71. The molecule has 0 aromatic carbocycles. The van der Waals surface area contributed by atoms with Crippen LogP contribution in [-0.2, 0) is 24.3 Å². The van der Waals surface area contributed by atoms with E-state index in [0.717, 1.165) is 0 Å². The molecule has 3 fully saturated rings. The summed E-state index contributed by atoms with van der Waals surface area (Å²) < 4.78 is 36.8. The molecule has 3 rings (SSSR count). The highest BCUT2D eigenvalue weighted by atomic mass is 32.2. The van der Waals surface area contributed by atoms with E-state index in [0.29, 0.717) is 0 Å². The molecule has 9 nitrogen and oxygen atoms in total.